The summed E-state index contributed by atoms with van der Waals surface area (Å²) in [5.74, 6) is 0. The molecule has 0 N–H and O–H groups in total. The minimum Gasteiger partial charge on any atom is -0.303 e. The molecule has 0 bridgehead atoms. The highest BCUT2D eigenvalue weighted by atomic mass is 79.9. The fourth-order valence-electron chi connectivity index (χ4n) is 2.34. The molecule has 1 nitrogen and oxygen atoms in total. The van der Waals surface area contributed by atoms with Crippen LogP contribution in [0.5, 0.6) is 0 Å². The van der Waals surface area contributed by atoms with Crippen LogP contribution in [0.3, 0.4) is 0 Å². The average molecular weight is 262 g/mol. The predicted molar refractivity (Wildman–Crippen MR) is 67.1 cm³/mol. The summed E-state index contributed by atoms with van der Waals surface area (Å²) in [6.45, 7) is 1.30. The summed E-state index contributed by atoms with van der Waals surface area (Å²) in [6, 6.07) is 0.896. The van der Waals surface area contributed by atoms with Crippen molar-refractivity contribution in [3.05, 3.63) is 0 Å². The van der Waals surface area contributed by atoms with E-state index in [9.17, 15) is 0 Å². The summed E-state index contributed by atoms with van der Waals surface area (Å²) in [6.07, 6.45) is 11.3. The van der Waals surface area contributed by atoms with E-state index in [2.05, 4.69) is 27.9 Å². The van der Waals surface area contributed by atoms with Crippen molar-refractivity contribution in [3.8, 4) is 0 Å². The summed E-state index contributed by atoms with van der Waals surface area (Å²) in [5, 5.41) is 1.17. The van der Waals surface area contributed by atoms with Gasteiger partial charge in [-0.1, -0.05) is 41.6 Å². The van der Waals surface area contributed by atoms with Crippen molar-refractivity contribution in [3.63, 3.8) is 0 Å². The molecule has 0 aromatic heterocycles. The Balaban J connectivity index is 2.04. The van der Waals surface area contributed by atoms with Crippen LogP contribution < -0.4 is 0 Å². The third kappa shape index (κ3) is 4.79. The number of alkyl halides is 1. The van der Waals surface area contributed by atoms with Crippen LogP contribution in [0.25, 0.3) is 0 Å². The predicted octanol–water partition coefficient (Wildman–Crippen LogP) is 3.82. The number of nitrogens with zero attached hydrogens (tertiary/aromatic N) is 1. The fraction of sp³-hybridized carbons (Fsp3) is 1.00. The number of unbranched alkanes of at least 4 members (excludes halogenated alkanes) is 2. The number of halogens is 1. The van der Waals surface area contributed by atoms with Crippen LogP contribution in [0.15, 0.2) is 0 Å². The summed E-state index contributed by atoms with van der Waals surface area (Å²) in [7, 11) is 2.31. The van der Waals surface area contributed by atoms with Crippen molar-refractivity contribution < 1.29 is 0 Å². The molecule has 2 heteroatoms. The highest BCUT2D eigenvalue weighted by Gasteiger charge is 2.16. The molecule has 0 aromatic rings. The van der Waals surface area contributed by atoms with Crippen LogP contribution in [0.4, 0.5) is 0 Å². The van der Waals surface area contributed by atoms with Crippen molar-refractivity contribution in [1.82, 2.24) is 4.90 Å². The number of hydrogen-bond donors (Lipinski definition) is 0. The lowest BCUT2D eigenvalue weighted by Gasteiger charge is -2.31. The Labute approximate surface area is 97.4 Å². The second-order valence-corrected chi connectivity index (χ2v) is 5.32. The molecule has 1 aliphatic rings. The van der Waals surface area contributed by atoms with Crippen LogP contribution >= 0.6 is 15.9 Å². The zero-order valence-corrected chi connectivity index (χ0v) is 11.1. The van der Waals surface area contributed by atoms with Gasteiger partial charge in [0.1, 0.15) is 0 Å². The molecule has 0 radical (unpaired) electrons. The molecule has 1 fully saturated rings. The molecule has 0 unspecified atom stereocenters. The Morgan fingerprint density at radius 2 is 1.79 bits per heavy atom. The van der Waals surface area contributed by atoms with Crippen LogP contribution in [0.1, 0.15) is 51.4 Å². The normalized spacial score (nSPS) is 19.1. The molecule has 1 rings (SSSR count). The van der Waals surface area contributed by atoms with E-state index >= 15 is 0 Å². The Kier molecular flexibility index (Phi) is 6.88. The van der Waals surface area contributed by atoms with Crippen LogP contribution in [0.2, 0.25) is 0 Å². The van der Waals surface area contributed by atoms with E-state index in [0.29, 0.717) is 0 Å². The first-order valence-corrected chi connectivity index (χ1v) is 7.23. The molecule has 0 saturated heterocycles. The fourth-order valence-corrected chi connectivity index (χ4v) is 2.73. The third-order valence-electron chi connectivity index (χ3n) is 3.34. The van der Waals surface area contributed by atoms with Gasteiger partial charge in [-0.05, 0) is 39.3 Å². The van der Waals surface area contributed by atoms with Crippen molar-refractivity contribution in [2.24, 2.45) is 0 Å². The van der Waals surface area contributed by atoms with Gasteiger partial charge in [-0.25, -0.2) is 0 Å². The zero-order valence-electron chi connectivity index (χ0n) is 9.47. The molecular weight excluding hydrogens is 238 g/mol. The summed E-state index contributed by atoms with van der Waals surface area (Å²) >= 11 is 3.48. The smallest absolute Gasteiger partial charge is 0.00922 e. The van der Waals surface area contributed by atoms with Crippen molar-refractivity contribution >= 4 is 15.9 Å². The van der Waals surface area contributed by atoms with Gasteiger partial charge in [0, 0.05) is 11.4 Å². The monoisotopic (exact) mass is 261 g/mol. The second-order valence-electron chi connectivity index (χ2n) is 4.52. The van der Waals surface area contributed by atoms with Gasteiger partial charge in [-0.2, -0.15) is 0 Å². The van der Waals surface area contributed by atoms with Gasteiger partial charge in [-0.3, -0.25) is 0 Å². The van der Waals surface area contributed by atoms with Crippen molar-refractivity contribution in [2.45, 2.75) is 57.4 Å². The maximum atomic E-state index is 3.48. The third-order valence-corrected chi connectivity index (χ3v) is 3.90. The lowest BCUT2D eigenvalue weighted by Crippen LogP contribution is -2.34. The molecule has 0 atom stereocenters. The van der Waals surface area contributed by atoms with Gasteiger partial charge in [0.05, 0.1) is 0 Å². The van der Waals surface area contributed by atoms with E-state index in [1.807, 2.05) is 0 Å². The van der Waals surface area contributed by atoms with Crippen molar-refractivity contribution in [1.29, 1.82) is 0 Å². The van der Waals surface area contributed by atoms with Gasteiger partial charge < -0.3 is 4.90 Å². The molecule has 1 aliphatic carbocycles. The summed E-state index contributed by atoms with van der Waals surface area (Å²) in [4.78, 5) is 2.59. The van der Waals surface area contributed by atoms with Crippen molar-refractivity contribution in [2.75, 3.05) is 18.9 Å². The van der Waals surface area contributed by atoms with Gasteiger partial charge in [0.15, 0.2) is 0 Å². The molecule has 0 spiro atoms. The van der Waals surface area contributed by atoms with Gasteiger partial charge in [0.25, 0.3) is 0 Å². The molecule has 0 aliphatic heterocycles. The summed E-state index contributed by atoms with van der Waals surface area (Å²) < 4.78 is 0. The molecule has 0 aromatic carbocycles. The molecule has 14 heavy (non-hydrogen) atoms. The van der Waals surface area contributed by atoms with Gasteiger partial charge in [-0.15, -0.1) is 0 Å². The standard InChI is InChI=1S/C12H24BrN/c1-14(11-7-3-6-10-13)12-8-4-2-5-9-12/h12H,2-11H2,1H3. The van der Waals surface area contributed by atoms with E-state index in [1.165, 1.54) is 63.2 Å². The van der Waals surface area contributed by atoms with Crippen LogP contribution in [0, 0.1) is 0 Å². The van der Waals surface area contributed by atoms with Crippen LogP contribution in [-0.4, -0.2) is 29.9 Å². The van der Waals surface area contributed by atoms with E-state index in [0.717, 1.165) is 6.04 Å². The van der Waals surface area contributed by atoms with E-state index in [4.69, 9.17) is 0 Å². The first kappa shape index (κ1) is 12.5. The van der Waals surface area contributed by atoms with E-state index in [-0.39, 0.29) is 0 Å². The van der Waals surface area contributed by atoms with E-state index in [1.54, 1.807) is 0 Å². The Morgan fingerprint density at radius 1 is 1.07 bits per heavy atom. The SMILES string of the molecule is CN(CCCCCBr)C1CCCCC1. The number of hydrogen-bond acceptors (Lipinski definition) is 1. The minimum atomic E-state index is 0.896. The average Bonchev–Trinajstić information content (AvgIpc) is 2.25. The zero-order chi connectivity index (χ0) is 10.2. The van der Waals surface area contributed by atoms with E-state index < -0.39 is 0 Å². The topological polar surface area (TPSA) is 3.24 Å². The minimum absolute atomic E-state index is 0.896. The molecule has 1 saturated carbocycles. The van der Waals surface area contributed by atoms with Crippen LogP contribution in [-0.2, 0) is 0 Å². The van der Waals surface area contributed by atoms with Gasteiger partial charge in [0.2, 0.25) is 0 Å². The maximum Gasteiger partial charge on any atom is 0.00922 e. The lowest BCUT2D eigenvalue weighted by molar-refractivity contribution is 0.189. The Morgan fingerprint density at radius 3 is 2.43 bits per heavy atom. The maximum absolute atomic E-state index is 3.48. The highest BCUT2D eigenvalue weighted by molar-refractivity contribution is 9.09. The molecule has 84 valence electrons. The first-order chi connectivity index (χ1) is 6.84. The highest BCUT2D eigenvalue weighted by Crippen LogP contribution is 2.21. The number of rotatable bonds is 6. The molecule has 0 heterocycles. The lowest BCUT2D eigenvalue weighted by atomic mass is 9.94. The quantitative estimate of drug-likeness (QED) is 0.519. The largest absolute Gasteiger partial charge is 0.303 e. The van der Waals surface area contributed by atoms with Gasteiger partial charge >= 0.3 is 0 Å². The molecular formula is C12H24BrN. The second kappa shape index (κ2) is 7.70. The summed E-state index contributed by atoms with van der Waals surface area (Å²) in [5.41, 5.74) is 0. The Bertz CT molecular complexity index is 132. The Hall–Kier alpha value is 0.440. The first-order valence-electron chi connectivity index (χ1n) is 6.11. The molecule has 0 amide bonds.